The minimum absolute atomic E-state index is 0.0475. The van der Waals surface area contributed by atoms with Gasteiger partial charge in [-0.15, -0.1) is 0 Å². The quantitative estimate of drug-likeness (QED) is 0.753. The van der Waals surface area contributed by atoms with E-state index in [1.807, 2.05) is 13.8 Å². The van der Waals surface area contributed by atoms with Crippen molar-refractivity contribution in [2.75, 3.05) is 20.1 Å². The van der Waals surface area contributed by atoms with Crippen molar-refractivity contribution in [3.63, 3.8) is 0 Å². The lowest BCUT2D eigenvalue weighted by atomic mass is 10.0. The Labute approximate surface area is 116 Å². The standard InChI is InChI=1S/C14H27N3O2/c1-11(2)16-13(18)10-17(3)14(19)8-7-12-6-4-5-9-15-12/h11-12,15H,4-10H2,1-3H3,(H,16,18). The zero-order chi connectivity index (χ0) is 14.3. The van der Waals surface area contributed by atoms with E-state index < -0.39 is 0 Å². The third kappa shape index (κ3) is 6.57. The number of hydrogen-bond donors (Lipinski definition) is 2. The first kappa shape index (κ1) is 16.0. The van der Waals surface area contributed by atoms with Gasteiger partial charge < -0.3 is 15.5 Å². The van der Waals surface area contributed by atoms with E-state index >= 15 is 0 Å². The second-order valence-corrected chi connectivity index (χ2v) is 5.66. The molecule has 0 aromatic carbocycles. The van der Waals surface area contributed by atoms with Gasteiger partial charge in [0, 0.05) is 25.6 Å². The third-order valence-corrected chi connectivity index (χ3v) is 3.38. The Morgan fingerprint density at radius 3 is 2.68 bits per heavy atom. The molecule has 110 valence electrons. The molecule has 1 saturated heterocycles. The molecule has 0 aromatic rings. The number of carbonyl (C=O) groups is 2. The van der Waals surface area contributed by atoms with Crippen molar-refractivity contribution in [3.8, 4) is 0 Å². The highest BCUT2D eigenvalue weighted by Gasteiger charge is 2.17. The predicted octanol–water partition coefficient (Wildman–Crippen LogP) is 0.892. The summed E-state index contributed by atoms with van der Waals surface area (Å²) < 4.78 is 0. The molecule has 0 saturated carbocycles. The van der Waals surface area contributed by atoms with E-state index in [1.165, 1.54) is 17.7 Å². The fourth-order valence-electron chi connectivity index (χ4n) is 2.33. The van der Waals surface area contributed by atoms with Crippen molar-refractivity contribution in [1.82, 2.24) is 15.5 Å². The number of rotatable bonds is 6. The molecule has 1 aliphatic heterocycles. The minimum atomic E-state index is -0.0957. The van der Waals surface area contributed by atoms with Crippen LogP contribution >= 0.6 is 0 Å². The number of likely N-dealkylation sites (N-methyl/N-ethyl adjacent to an activating group) is 1. The number of carbonyl (C=O) groups excluding carboxylic acids is 2. The maximum Gasteiger partial charge on any atom is 0.239 e. The van der Waals surface area contributed by atoms with E-state index in [0.29, 0.717) is 12.5 Å². The van der Waals surface area contributed by atoms with Crippen LogP contribution in [0.3, 0.4) is 0 Å². The Kier molecular flexibility index (Phi) is 6.84. The summed E-state index contributed by atoms with van der Waals surface area (Å²) in [5.41, 5.74) is 0. The van der Waals surface area contributed by atoms with E-state index in [2.05, 4.69) is 10.6 Å². The van der Waals surface area contributed by atoms with Gasteiger partial charge in [0.25, 0.3) is 0 Å². The third-order valence-electron chi connectivity index (χ3n) is 3.38. The van der Waals surface area contributed by atoms with Crippen LogP contribution in [0.5, 0.6) is 0 Å². The molecule has 5 heteroatoms. The highest BCUT2D eigenvalue weighted by Crippen LogP contribution is 2.12. The monoisotopic (exact) mass is 269 g/mol. The van der Waals surface area contributed by atoms with Crippen molar-refractivity contribution in [2.45, 2.75) is 58.0 Å². The SMILES string of the molecule is CC(C)NC(=O)CN(C)C(=O)CCC1CCCCN1. The fourth-order valence-corrected chi connectivity index (χ4v) is 2.33. The summed E-state index contributed by atoms with van der Waals surface area (Å²) in [7, 11) is 1.69. The molecular weight excluding hydrogens is 242 g/mol. The molecule has 19 heavy (non-hydrogen) atoms. The largest absolute Gasteiger partial charge is 0.352 e. The Morgan fingerprint density at radius 2 is 2.11 bits per heavy atom. The summed E-state index contributed by atoms with van der Waals surface area (Å²) in [6, 6.07) is 0.582. The molecule has 1 aliphatic rings. The van der Waals surface area contributed by atoms with Crippen LogP contribution in [0.15, 0.2) is 0 Å². The molecule has 0 aromatic heterocycles. The summed E-state index contributed by atoms with van der Waals surface area (Å²) in [5, 5.41) is 6.22. The van der Waals surface area contributed by atoms with Gasteiger partial charge in [-0.2, -0.15) is 0 Å². The van der Waals surface area contributed by atoms with E-state index in [-0.39, 0.29) is 24.4 Å². The lowest BCUT2D eigenvalue weighted by Gasteiger charge is -2.24. The maximum atomic E-state index is 11.9. The molecule has 1 atom stereocenters. The molecular formula is C14H27N3O2. The molecule has 1 fully saturated rings. The van der Waals surface area contributed by atoms with Crippen molar-refractivity contribution >= 4 is 11.8 Å². The molecule has 0 spiro atoms. The van der Waals surface area contributed by atoms with Gasteiger partial charge in [0.15, 0.2) is 0 Å². The van der Waals surface area contributed by atoms with Crippen molar-refractivity contribution in [3.05, 3.63) is 0 Å². The Balaban J connectivity index is 2.22. The van der Waals surface area contributed by atoms with Crippen LogP contribution in [0.1, 0.15) is 46.0 Å². The van der Waals surface area contributed by atoms with Gasteiger partial charge in [-0.05, 0) is 39.7 Å². The smallest absolute Gasteiger partial charge is 0.239 e. The van der Waals surface area contributed by atoms with Crippen LogP contribution in [0, 0.1) is 0 Å². The first-order chi connectivity index (χ1) is 8.99. The number of amides is 2. The number of nitrogens with one attached hydrogen (secondary N) is 2. The molecule has 0 aliphatic carbocycles. The van der Waals surface area contributed by atoms with E-state index in [9.17, 15) is 9.59 Å². The molecule has 0 radical (unpaired) electrons. The Bertz CT molecular complexity index is 299. The highest BCUT2D eigenvalue weighted by molar-refractivity contribution is 5.84. The summed E-state index contributed by atoms with van der Waals surface area (Å²) in [6.45, 7) is 5.03. The van der Waals surface area contributed by atoms with Crippen LogP contribution in [0.2, 0.25) is 0 Å². The van der Waals surface area contributed by atoms with Gasteiger partial charge >= 0.3 is 0 Å². The molecule has 0 bridgehead atoms. The van der Waals surface area contributed by atoms with Crippen LogP contribution in [-0.2, 0) is 9.59 Å². The summed E-state index contributed by atoms with van der Waals surface area (Å²) in [5.74, 6) is -0.0482. The maximum absolute atomic E-state index is 11.9. The van der Waals surface area contributed by atoms with E-state index in [1.54, 1.807) is 7.05 Å². The molecule has 2 N–H and O–H groups in total. The number of nitrogens with zero attached hydrogens (tertiary/aromatic N) is 1. The zero-order valence-corrected chi connectivity index (χ0v) is 12.4. The predicted molar refractivity (Wildman–Crippen MR) is 75.8 cm³/mol. The van der Waals surface area contributed by atoms with Gasteiger partial charge in [0.2, 0.25) is 11.8 Å². The van der Waals surface area contributed by atoms with Gasteiger partial charge in [0.05, 0.1) is 6.54 Å². The van der Waals surface area contributed by atoms with Crippen LogP contribution in [0.25, 0.3) is 0 Å². The number of piperidine rings is 1. The average molecular weight is 269 g/mol. The summed E-state index contributed by atoms with van der Waals surface area (Å²) >= 11 is 0. The van der Waals surface area contributed by atoms with Crippen LogP contribution in [-0.4, -0.2) is 48.9 Å². The summed E-state index contributed by atoms with van der Waals surface area (Å²) in [6.07, 6.45) is 5.03. The summed E-state index contributed by atoms with van der Waals surface area (Å²) in [4.78, 5) is 25.0. The molecule has 1 heterocycles. The first-order valence-electron chi connectivity index (χ1n) is 7.25. The zero-order valence-electron chi connectivity index (χ0n) is 12.4. The van der Waals surface area contributed by atoms with Crippen molar-refractivity contribution in [2.24, 2.45) is 0 Å². The second kappa shape index (κ2) is 8.15. The lowest BCUT2D eigenvalue weighted by molar-refractivity contribution is -0.135. The normalized spacial score (nSPS) is 19.3. The van der Waals surface area contributed by atoms with Crippen LogP contribution in [0.4, 0.5) is 0 Å². The Hall–Kier alpha value is -1.10. The average Bonchev–Trinajstić information content (AvgIpc) is 2.36. The van der Waals surface area contributed by atoms with E-state index in [0.717, 1.165) is 19.4 Å². The van der Waals surface area contributed by atoms with E-state index in [4.69, 9.17) is 0 Å². The molecule has 1 rings (SSSR count). The van der Waals surface area contributed by atoms with Crippen molar-refractivity contribution < 1.29 is 9.59 Å². The van der Waals surface area contributed by atoms with Gasteiger partial charge in [-0.1, -0.05) is 6.42 Å². The molecule has 1 unspecified atom stereocenters. The minimum Gasteiger partial charge on any atom is -0.352 e. The number of hydrogen-bond acceptors (Lipinski definition) is 3. The van der Waals surface area contributed by atoms with Gasteiger partial charge in [0.1, 0.15) is 0 Å². The lowest BCUT2D eigenvalue weighted by Crippen LogP contribution is -2.41. The fraction of sp³-hybridized carbons (Fsp3) is 0.857. The first-order valence-corrected chi connectivity index (χ1v) is 7.25. The van der Waals surface area contributed by atoms with Gasteiger partial charge in [-0.3, -0.25) is 9.59 Å². The highest BCUT2D eigenvalue weighted by atomic mass is 16.2. The van der Waals surface area contributed by atoms with Gasteiger partial charge in [-0.25, -0.2) is 0 Å². The topological polar surface area (TPSA) is 61.4 Å². The second-order valence-electron chi connectivity index (χ2n) is 5.66. The van der Waals surface area contributed by atoms with Crippen LogP contribution < -0.4 is 10.6 Å². The van der Waals surface area contributed by atoms with Crippen molar-refractivity contribution in [1.29, 1.82) is 0 Å². The molecule has 2 amide bonds. The Morgan fingerprint density at radius 1 is 1.37 bits per heavy atom. The molecule has 5 nitrogen and oxygen atoms in total.